The Balaban J connectivity index is 2.73. The smallest absolute Gasteiger partial charge is 0.168 e. The second kappa shape index (κ2) is 4.72. The number of hydrogen-bond acceptors (Lipinski definition) is 3. The van der Waals surface area contributed by atoms with Crippen LogP contribution in [-0.2, 0) is 0 Å². The Kier molecular flexibility index (Phi) is 3.58. The molecule has 0 radical (unpaired) electrons. The quantitative estimate of drug-likeness (QED) is 0.714. The van der Waals surface area contributed by atoms with Gasteiger partial charge in [-0.1, -0.05) is 19.4 Å². The molecule has 0 aromatic carbocycles. The number of rotatable bonds is 4. The summed E-state index contributed by atoms with van der Waals surface area (Å²) in [4.78, 5) is 14.3. The van der Waals surface area contributed by atoms with Gasteiger partial charge in [0.05, 0.1) is 0 Å². The molecule has 1 aromatic rings. The van der Waals surface area contributed by atoms with Gasteiger partial charge in [0.1, 0.15) is 5.69 Å². The van der Waals surface area contributed by atoms with E-state index in [1.807, 2.05) is 6.07 Å². The first-order valence-corrected chi connectivity index (χ1v) is 4.44. The van der Waals surface area contributed by atoms with Crippen molar-refractivity contribution in [3.63, 3.8) is 0 Å². The number of carbonyl (C=O) groups is 1. The summed E-state index contributed by atoms with van der Waals surface area (Å²) >= 11 is 0. The first kappa shape index (κ1) is 9.86. The molecule has 0 fully saturated rings. The van der Waals surface area contributed by atoms with Gasteiger partial charge in [0.25, 0.3) is 0 Å². The highest BCUT2D eigenvalue weighted by Gasteiger charge is 2.04. The zero-order chi connectivity index (χ0) is 9.68. The van der Waals surface area contributed by atoms with Crippen LogP contribution in [0.25, 0.3) is 0 Å². The average Bonchev–Trinajstić information content (AvgIpc) is 2.18. The Morgan fingerprint density at radius 3 is 2.85 bits per heavy atom. The molecule has 0 aliphatic carbocycles. The van der Waals surface area contributed by atoms with E-state index in [0.29, 0.717) is 5.69 Å². The van der Waals surface area contributed by atoms with Gasteiger partial charge in [-0.25, -0.2) is 0 Å². The minimum atomic E-state index is 0.0400. The molecule has 70 valence electrons. The third-order valence-electron chi connectivity index (χ3n) is 1.96. The molecule has 1 aromatic heterocycles. The first-order chi connectivity index (χ1) is 6.27. The highest BCUT2D eigenvalue weighted by molar-refractivity contribution is 5.71. The van der Waals surface area contributed by atoms with Crippen LogP contribution < -0.4 is 5.73 Å². The molecule has 1 atom stereocenters. The summed E-state index contributed by atoms with van der Waals surface area (Å²) in [5.41, 5.74) is 7.31. The van der Waals surface area contributed by atoms with E-state index < -0.39 is 0 Å². The first-order valence-electron chi connectivity index (χ1n) is 4.44. The molecule has 0 aliphatic rings. The fourth-order valence-electron chi connectivity index (χ4n) is 1.18. The number of aromatic nitrogens is 1. The maximum Gasteiger partial charge on any atom is 0.168 e. The number of nitrogens with zero attached hydrogens (tertiary/aromatic N) is 1. The standard InChI is InChI=1S/C10H14N2O/c1-2-3-10(11)8-4-5-9(7-13)12-6-8/h4-7,10H,2-3,11H2,1H3/t10-/m1/s1. The van der Waals surface area contributed by atoms with E-state index >= 15 is 0 Å². The molecule has 2 N–H and O–H groups in total. The van der Waals surface area contributed by atoms with Gasteiger partial charge in [-0.05, 0) is 18.1 Å². The van der Waals surface area contributed by atoms with Crippen LogP contribution in [0.1, 0.15) is 41.9 Å². The van der Waals surface area contributed by atoms with E-state index in [4.69, 9.17) is 5.73 Å². The van der Waals surface area contributed by atoms with E-state index in [0.717, 1.165) is 24.7 Å². The molecule has 0 saturated carbocycles. The zero-order valence-electron chi connectivity index (χ0n) is 7.73. The average molecular weight is 178 g/mol. The second-order valence-corrected chi connectivity index (χ2v) is 3.03. The summed E-state index contributed by atoms with van der Waals surface area (Å²) < 4.78 is 0. The number of pyridine rings is 1. The van der Waals surface area contributed by atoms with Gasteiger partial charge in [-0.3, -0.25) is 9.78 Å². The number of carbonyl (C=O) groups excluding carboxylic acids is 1. The Bertz CT molecular complexity index is 269. The van der Waals surface area contributed by atoms with E-state index in [1.165, 1.54) is 0 Å². The van der Waals surface area contributed by atoms with Crippen molar-refractivity contribution >= 4 is 6.29 Å². The van der Waals surface area contributed by atoms with Crippen LogP contribution in [0.2, 0.25) is 0 Å². The highest BCUT2D eigenvalue weighted by atomic mass is 16.1. The van der Waals surface area contributed by atoms with Crippen molar-refractivity contribution < 1.29 is 4.79 Å². The highest BCUT2D eigenvalue weighted by Crippen LogP contribution is 2.13. The molecule has 0 amide bonds. The predicted molar refractivity (Wildman–Crippen MR) is 51.5 cm³/mol. The summed E-state index contributed by atoms with van der Waals surface area (Å²) in [7, 11) is 0. The molecule has 13 heavy (non-hydrogen) atoms. The van der Waals surface area contributed by atoms with Crippen molar-refractivity contribution in [3.8, 4) is 0 Å². The number of aldehydes is 1. The number of hydrogen-bond donors (Lipinski definition) is 1. The summed E-state index contributed by atoms with van der Waals surface area (Å²) in [6, 6.07) is 3.59. The Hall–Kier alpha value is -1.22. The third-order valence-corrected chi connectivity index (χ3v) is 1.96. The van der Waals surface area contributed by atoms with Crippen LogP contribution in [0.3, 0.4) is 0 Å². The van der Waals surface area contributed by atoms with Gasteiger partial charge in [-0.15, -0.1) is 0 Å². The lowest BCUT2D eigenvalue weighted by Gasteiger charge is -2.09. The predicted octanol–water partition coefficient (Wildman–Crippen LogP) is 1.69. The lowest BCUT2D eigenvalue weighted by atomic mass is 10.1. The fraction of sp³-hybridized carbons (Fsp3) is 0.400. The Morgan fingerprint density at radius 2 is 2.38 bits per heavy atom. The lowest BCUT2D eigenvalue weighted by molar-refractivity contribution is 0.111. The van der Waals surface area contributed by atoms with Gasteiger partial charge in [0.15, 0.2) is 6.29 Å². The largest absolute Gasteiger partial charge is 0.324 e. The molecular formula is C10H14N2O. The van der Waals surface area contributed by atoms with Crippen molar-refractivity contribution in [2.45, 2.75) is 25.8 Å². The molecule has 1 rings (SSSR count). The topological polar surface area (TPSA) is 56.0 Å². The molecule has 0 saturated heterocycles. The Labute approximate surface area is 78.0 Å². The molecule has 0 unspecified atom stereocenters. The number of nitrogens with two attached hydrogens (primary N) is 1. The van der Waals surface area contributed by atoms with Gasteiger partial charge >= 0.3 is 0 Å². The maximum atomic E-state index is 10.3. The van der Waals surface area contributed by atoms with Gasteiger partial charge in [-0.2, -0.15) is 0 Å². The van der Waals surface area contributed by atoms with E-state index in [9.17, 15) is 4.79 Å². The van der Waals surface area contributed by atoms with Gasteiger partial charge < -0.3 is 5.73 Å². The lowest BCUT2D eigenvalue weighted by Crippen LogP contribution is -2.10. The summed E-state index contributed by atoms with van der Waals surface area (Å²) in [5, 5.41) is 0. The van der Waals surface area contributed by atoms with Gasteiger partial charge in [0, 0.05) is 12.2 Å². The third kappa shape index (κ3) is 2.63. The van der Waals surface area contributed by atoms with Crippen molar-refractivity contribution in [2.24, 2.45) is 5.73 Å². The van der Waals surface area contributed by atoms with Crippen LogP contribution in [-0.4, -0.2) is 11.3 Å². The summed E-state index contributed by atoms with van der Waals surface area (Å²) in [6.07, 6.45) is 4.40. The Morgan fingerprint density at radius 1 is 1.62 bits per heavy atom. The van der Waals surface area contributed by atoms with Crippen LogP contribution in [0, 0.1) is 0 Å². The SMILES string of the molecule is CCC[C@@H](N)c1ccc(C=O)nc1. The fourth-order valence-corrected chi connectivity index (χ4v) is 1.18. The zero-order valence-corrected chi connectivity index (χ0v) is 7.73. The molecule has 0 bridgehead atoms. The maximum absolute atomic E-state index is 10.3. The summed E-state index contributed by atoms with van der Waals surface area (Å²) in [5.74, 6) is 0. The molecular weight excluding hydrogens is 164 g/mol. The van der Waals surface area contributed by atoms with Crippen LogP contribution in [0.5, 0.6) is 0 Å². The second-order valence-electron chi connectivity index (χ2n) is 3.03. The van der Waals surface area contributed by atoms with Crippen molar-refractivity contribution in [2.75, 3.05) is 0 Å². The van der Waals surface area contributed by atoms with Crippen LogP contribution in [0.15, 0.2) is 18.3 Å². The minimum absolute atomic E-state index is 0.0400. The molecule has 1 heterocycles. The molecule has 0 spiro atoms. The van der Waals surface area contributed by atoms with Crippen molar-refractivity contribution in [1.82, 2.24) is 4.98 Å². The van der Waals surface area contributed by atoms with Gasteiger partial charge in [0.2, 0.25) is 0 Å². The van der Waals surface area contributed by atoms with Crippen molar-refractivity contribution in [1.29, 1.82) is 0 Å². The summed E-state index contributed by atoms with van der Waals surface area (Å²) in [6.45, 7) is 2.09. The van der Waals surface area contributed by atoms with E-state index in [2.05, 4.69) is 11.9 Å². The molecule has 3 heteroatoms. The normalized spacial score (nSPS) is 12.5. The molecule has 0 aliphatic heterocycles. The van der Waals surface area contributed by atoms with E-state index in [1.54, 1.807) is 12.3 Å². The van der Waals surface area contributed by atoms with Crippen LogP contribution >= 0.6 is 0 Å². The monoisotopic (exact) mass is 178 g/mol. The van der Waals surface area contributed by atoms with Crippen LogP contribution in [0.4, 0.5) is 0 Å². The van der Waals surface area contributed by atoms with E-state index in [-0.39, 0.29) is 6.04 Å². The minimum Gasteiger partial charge on any atom is -0.324 e. The molecule has 3 nitrogen and oxygen atoms in total. The van der Waals surface area contributed by atoms with Crippen molar-refractivity contribution in [3.05, 3.63) is 29.6 Å².